The van der Waals surface area contributed by atoms with Gasteiger partial charge in [0.25, 0.3) is 0 Å². The van der Waals surface area contributed by atoms with Crippen LogP contribution in [-0.4, -0.2) is 11.1 Å². The largest absolute Gasteiger partial charge is 0.491 e. The van der Waals surface area contributed by atoms with Crippen molar-refractivity contribution in [1.29, 1.82) is 0 Å². The van der Waals surface area contributed by atoms with Crippen LogP contribution < -0.4 is 10.5 Å². The van der Waals surface area contributed by atoms with E-state index in [0.29, 0.717) is 5.13 Å². The first kappa shape index (κ1) is 11.9. The summed E-state index contributed by atoms with van der Waals surface area (Å²) >= 11 is 1.47. The van der Waals surface area contributed by atoms with Crippen LogP contribution in [-0.2, 0) is 6.42 Å². The van der Waals surface area contributed by atoms with Crippen molar-refractivity contribution in [2.75, 3.05) is 5.73 Å². The van der Waals surface area contributed by atoms with Gasteiger partial charge in [-0.1, -0.05) is 12.1 Å². The number of aromatic nitrogens is 1. The normalized spacial score (nSPS) is 10.8. The number of nitrogens with two attached hydrogens (primary N) is 1. The van der Waals surface area contributed by atoms with Gasteiger partial charge in [0.1, 0.15) is 5.75 Å². The van der Waals surface area contributed by atoms with Crippen molar-refractivity contribution in [1.82, 2.24) is 4.98 Å². The van der Waals surface area contributed by atoms with Crippen molar-refractivity contribution in [2.24, 2.45) is 0 Å². The van der Waals surface area contributed by atoms with E-state index in [2.05, 4.69) is 17.1 Å². The van der Waals surface area contributed by atoms with Gasteiger partial charge in [-0.15, -0.1) is 11.3 Å². The topological polar surface area (TPSA) is 48.1 Å². The van der Waals surface area contributed by atoms with Crippen molar-refractivity contribution in [2.45, 2.75) is 26.4 Å². The van der Waals surface area contributed by atoms with Crippen LogP contribution in [0.1, 0.15) is 25.1 Å². The lowest BCUT2D eigenvalue weighted by atomic mass is 10.1. The Kier molecular flexibility index (Phi) is 3.64. The molecule has 0 atom stereocenters. The molecule has 0 saturated heterocycles. The summed E-state index contributed by atoms with van der Waals surface area (Å²) in [4.78, 5) is 4.25. The first-order valence-electron chi connectivity index (χ1n) is 5.59. The Labute approximate surface area is 105 Å². The molecule has 0 radical (unpaired) electrons. The molecule has 90 valence electrons. The molecule has 0 saturated carbocycles. The van der Waals surface area contributed by atoms with E-state index in [1.165, 1.54) is 16.9 Å². The van der Waals surface area contributed by atoms with E-state index >= 15 is 0 Å². The molecular formula is C13H16N2OS. The molecule has 0 aliphatic rings. The lowest BCUT2D eigenvalue weighted by Gasteiger charge is -2.10. The number of hydrogen-bond acceptors (Lipinski definition) is 4. The third-order valence-corrected chi connectivity index (χ3v) is 2.95. The molecule has 2 N–H and O–H groups in total. The van der Waals surface area contributed by atoms with Gasteiger partial charge in [-0.3, -0.25) is 0 Å². The number of thiazole rings is 1. The maximum absolute atomic E-state index is 5.66. The Morgan fingerprint density at radius 2 is 2.24 bits per heavy atom. The van der Waals surface area contributed by atoms with Crippen LogP contribution in [0.5, 0.6) is 5.75 Å². The molecule has 17 heavy (non-hydrogen) atoms. The highest BCUT2D eigenvalue weighted by Gasteiger charge is 2.03. The van der Waals surface area contributed by atoms with Crippen molar-refractivity contribution >= 4 is 16.5 Å². The van der Waals surface area contributed by atoms with E-state index in [1.54, 1.807) is 0 Å². The van der Waals surface area contributed by atoms with Crippen LogP contribution in [0.25, 0.3) is 0 Å². The number of anilines is 1. The molecular weight excluding hydrogens is 232 g/mol. The Morgan fingerprint density at radius 1 is 1.41 bits per heavy atom. The molecule has 2 rings (SSSR count). The quantitative estimate of drug-likeness (QED) is 0.904. The molecule has 0 unspecified atom stereocenters. The summed E-state index contributed by atoms with van der Waals surface area (Å²) in [5.74, 6) is 0.903. The third kappa shape index (κ3) is 3.46. The third-order valence-electron chi connectivity index (χ3n) is 2.22. The van der Waals surface area contributed by atoms with Crippen molar-refractivity contribution in [3.8, 4) is 5.75 Å². The first-order chi connectivity index (χ1) is 8.13. The molecule has 0 amide bonds. The Morgan fingerprint density at radius 3 is 2.88 bits per heavy atom. The van der Waals surface area contributed by atoms with Crippen LogP contribution in [0, 0.1) is 0 Å². The summed E-state index contributed by atoms with van der Waals surface area (Å²) in [5, 5.41) is 2.61. The molecule has 0 spiro atoms. The van der Waals surface area contributed by atoms with Crippen LogP contribution in [0.3, 0.4) is 0 Å². The van der Waals surface area contributed by atoms with Gasteiger partial charge in [-0.2, -0.15) is 0 Å². The zero-order valence-corrected chi connectivity index (χ0v) is 10.8. The van der Waals surface area contributed by atoms with Gasteiger partial charge in [0.2, 0.25) is 0 Å². The minimum atomic E-state index is 0.195. The highest BCUT2D eigenvalue weighted by Crippen LogP contribution is 2.19. The van der Waals surface area contributed by atoms with Gasteiger partial charge in [-0.25, -0.2) is 4.98 Å². The van der Waals surface area contributed by atoms with Crippen LogP contribution >= 0.6 is 11.3 Å². The molecule has 3 nitrogen and oxygen atoms in total. The second-order valence-corrected chi connectivity index (χ2v) is 5.06. The summed E-state index contributed by atoms with van der Waals surface area (Å²) < 4.78 is 5.66. The predicted molar refractivity (Wildman–Crippen MR) is 71.5 cm³/mol. The molecule has 1 aromatic carbocycles. The zero-order chi connectivity index (χ0) is 12.3. The van der Waals surface area contributed by atoms with Crippen molar-refractivity contribution in [3.05, 3.63) is 40.9 Å². The summed E-state index contributed by atoms with van der Waals surface area (Å²) in [6, 6.07) is 8.10. The van der Waals surface area contributed by atoms with Crippen molar-refractivity contribution < 1.29 is 4.74 Å². The van der Waals surface area contributed by atoms with Gasteiger partial charge in [0.15, 0.2) is 5.13 Å². The standard InChI is InChI=1S/C13H16N2OS/c1-9(2)16-12-5-3-4-10(7-12)6-11-8-17-13(14)15-11/h3-5,7-9H,6H2,1-2H3,(H2,14,15). The predicted octanol–water partition coefficient (Wildman–Crippen LogP) is 3.10. The molecule has 1 heterocycles. The van der Waals surface area contributed by atoms with E-state index in [4.69, 9.17) is 10.5 Å². The van der Waals surface area contributed by atoms with Crippen molar-refractivity contribution in [3.63, 3.8) is 0 Å². The minimum Gasteiger partial charge on any atom is -0.491 e. The van der Waals surface area contributed by atoms with E-state index in [0.717, 1.165) is 17.9 Å². The Bertz CT molecular complexity index is 494. The first-order valence-corrected chi connectivity index (χ1v) is 6.47. The highest BCUT2D eigenvalue weighted by atomic mass is 32.1. The molecule has 4 heteroatoms. The number of benzene rings is 1. The van der Waals surface area contributed by atoms with Gasteiger partial charge >= 0.3 is 0 Å². The Balaban J connectivity index is 2.10. The fourth-order valence-corrected chi connectivity index (χ4v) is 2.18. The molecule has 2 aromatic rings. The van der Waals surface area contributed by atoms with Gasteiger partial charge in [0, 0.05) is 11.8 Å². The summed E-state index contributed by atoms with van der Waals surface area (Å²) in [7, 11) is 0. The van der Waals surface area contributed by atoms with E-state index in [-0.39, 0.29) is 6.10 Å². The summed E-state index contributed by atoms with van der Waals surface area (Å²) in [6.07, 6.45) is 0.989. The molecule has 0 aliphatic carbocycles. The fraction of sp³-hybridized carbons (Fsp3) is 0.308. The number of ether oxygens (including phenoxy) is 1. The summed E-state index contributed by atoms with van der Waals surface area (Å²) in [5.41, 5.74) is 7.81. The highest BCUT2D eigenvalue weighted by molar-refractivity contribution is 7.13. The maximum atomic E-state index is 5.66. The van der Waals surface area contributed by atoms with E-state index in [1.807, 2.05) is 31.4 Å². The Hall–Kier alpha value is -1.55. The smallest absolute Gasteiger partial charge is 0.180 e. The second kappa shape index (κ2) is 5.19. The van der Waals surface area contributed by atoms with Gasteiger partial charge in [0.05, 0.1) is 11.8 Å². The number of hydrogen-bond donors (Lipinski definition) is 1. The zero-order valence-electron chi connectivity index (χ0n) is 10.0. The monoisotopic (exact) mass is 248 g/mol. The number of nitrogens with zero attached hydrogens (tertiary/aromatic N) is 1. The lowest BCUT2D eigenvalue weighted by molar-refractivity contribution is 0.242. The van der Waals surface area contributed by atoms with Crippen LogP contribution in [0.4, 0.5) is 5.13 Å². The number of rotatable bonds is 4. The maximum Gasteiger partial charge on any atom is 0.180 e. The van der Waals surface area contributed by atoms with Crippen LogP contribution in [0.15, 0.2) is 29.6 Å². The van der Waals surface area contributed by atoms with E-state index < -0.39 is 0 Å². The lowest BCUT2D eigenvalue weighted by Crippen LogP contribution is -2.05. The molecule has 0 fully saturated rings. The SMILES string of the molecule is CC(C)Oc1cccc(Cc2csc(N)n2)c1. The molecule has 0 aliphatic heterocycles. The average molecular weight is 248 g/mol. The number of nitrogen functional groups attached to an aromatic ring is 1. The molecule has 0 bridgehead atoms. The molecule has 1 aromatic heterocycles. The summed E-state index contributed by atoms with van der Waals surface area (Å²) in [6.45, 7) is 4.04. The van der Waals surface area contributed by atoms with Crippen LogP contribution in [0.2, 0.25) is 0 Å². The fourth-order valence-electron chi connectivity index (χ4n) is 1.61. The second-order valence-electron chi connectivity index (χ2n) is 4.17. The van der Waals surface area contributed by atoms with Gasteiger partial charge < -0.3 is 10.5 Å². The minimum absolute atomic E-state index is 0.195. The average Bonchev–Trinajstić information content (AvgIpc) is 2.63. The van der Waals surface area contributed by atoms with Gasteiger partial charge in [-0.05, 0) is 31.5 Å². The van der Waals surface area contributed by atoms with E-state index in [9.17, 15) is 0 Å².